The van der Waals surface area contributed by atoms with Gasteiger partial charge in [0.1, 0.15) is 0 Å². The third-order valence-electron chi connectivity index (χ3n) is 1.80. The Bertz CT molecular complexity index is 549. The summed E-state index contributed by atoms with van der Waals surface area (Å²) in [6, 6.07) is 5.72. The first-order valence-corrected chi connectivity index (χ1v) is 7.86. The number of rotatable bonds is 3. The van der Waals surface area contributed by atoms with Crippen molar-refractivity contribution in [2.75, 3.05) is 0 Å². The average molecular weight is 486 g/mol. The van der Waals surface area contributed by atoms with Crippen molar-refractivity contribution >= 4 is 17.3 Å². The molecule has 0 spiro atoms. The zero-order valence-electron chi connectivity index (χ0n) is 17.7. The van der Waals surface area contributed by atoms with Gasteiger partial charge < -0.3 is 20.8 Å². The smallest absolute Gasteiger partial charge is 0.155 e. The fourth-order valence-corrected chi connectivity index (χ4v) is 1.20. The van der Waals surface area contributed by atoms with E-state index < -0.39 is 0 Å². The van der Waals surface area contributed by atoms with E-state index in [9.17, 15) is 14.4 Å². The van der Waals surface area contributed by atoms with Crippen LogP contribution < -0.4 is 0 Å². The van der Waals surface area contributed by atoms with E-state index in [0.717, 1.165) is 0 Å². The minimum Gasteiger partial charge on any atom is -0.512 e. The summed E-state index contributed by atoms with van der Waals surface area (Å²) in [5, 5.41) is 25.1. The molecule has 8 nitrogen and oxygen atoms in total. The van der Waals surface area contributed by atoms with Crippen molar-refractivity contribution < 1.29 is 67.9 Å². The molecule has 0 aliphatic rings. The molecule has 5 N–H and O–H groups in total. The molecule has 0 bridgehead atoms. The maximum atomic E-state index is 10.0. The minimum absolute atomic E-state index is 0. The summed E-state index contributed by atoms with van der Waals surface area (Å²) in [7, 11) is 0. The molecule has 0 aromatic carbocycles. The van der Waals surface area contributed by atoms with Gasteiger partial charge >= 0.3 is 0 Å². The number of aliphatic hydroxyl groups excluding tert-OH is 3. The quantitative estimate of drug-likeness (QED) is 0.437. The Kier molecular flexibility index (Phi) is 33.5. The second kappa shape index (κ2) is 25.8. The first-order chi connectivity index (χ1) is 12.4. The van der Waals surface area contributed by atoms with E-state index in [1.807, 2.05) is 18.2 Å². The minimum atomic E-state index is -0.125. The number of aliphatic hydroxyl groups is 3. The zero-order chi connectivity index (χ0) is 21.8. The largest absolute Gasteiger partial charge is 0.512 e. The van der Waals surface area contributed by atoms with Gasteiger partial charge in [0.25, 0.3) is 0 Å². The monoisotopic (exact) mass is 486 g/mol. The van der Waals surface area contributed by atoms with Gasteiger partial charge in [0.05, 0.1) is 17.3 Å². The van der Waals surface area contributed by atoms with Crippen LogP contribution in [0.15, 0.2) is 66.1 Å². The number of allylic oxidation sites excluding steroid dienone is 6. The van der Waals surface area contributed by atoms with Gasteiger partial charge in [-0.2, -0.15) is 0 Å². The van der Waals surface area contributed by atoms with Crippen LogP contribution in [0.2, 0.25) is 0 Å². The van der Waals surface area contributed by atoms with Crippen LogP contribution in [0.5, 0.6) is 0 Å². The van der Waals surface area contributed by atoms with Gasteiger partial charge in [-0.1, -0.05) is 6.07 Å². The van der Waals surface area contributed by atoms with E-state index in [4.69, 9.17) is 15.3 Å². The molecule has 0 saturated heterocycles. The number of ketones is 3. The number of nitrogens with zero attached hydrogens (tertiary/aromatic N) is 1. The number of pyridine rings is 1. The molecular formula is C20H31NO7Y. The molecule has 1 radical (unpaired) electrons. The Labute approximate surface area is 197 Å². The molecule has 1 rings (SSSR count). The van der Waals surface area contributed by atoms with Crippen LogP contribution >= 0.6 is 0 Å². The standard InChI is InChI=1S/C5H5N.3C5H8O2.H2O.Y/c1-2-4-6-5-3-1;3*1-4(6)3-5(2)7;;/h1-5H;3*3,6H,1-2H3;1H2;/b;3*4-3-;;. The predicted molar refractivity (Wildman–Crippen MR) is 109 cm³/mol. The van der Waals surface area contributed by atoms with Crippen molar-refractivity contribution in [2.24, 2.45) is 0 Å². The number of carbonyl (C=O) groups excluding carboxylic acids is 3. The fourth-order valence-electron chi connectivity index (χ4n) is 1.20. The van der Waals surface area contributed by atoms with Crippen molar-refractivity contribution in [3.05, 3.63) is 66.1 Å². The van der Waals surface area contributed by atoms with Gasteiger partial charge in [0.15, 0.2) is 17.3 Å². The Hall–Kier alpha value is -2.16. The number of hydrogen-bond donors (Lipinski definition) is 3. The SMILES string of the molecule is CC(=O)/C=C(/C)O.CC(=O)/C=C(/C)O.CC(=O)/C=C(/C)O.O.[Y].c1ccncc1. The van der Waals surface area contributed by atoms with Crippen molar-refractivity contribution in [3.8, 4) is 0 Å². The summed E-state index contributed by atoms with van der Waals surface area (Å²) >= 11 is 0. The van der Waals surface area contributed by atoms with Crippen LogP contribution in [0, 0.1) is 0 Å². The molecule has 1 aromatic rings. The summed E-state index contributed by atoms with van der Waals surface area (Å²) in [6.07, 6.45) is 7.00. The Morgan fingerprint density at radius 1 is 0.621 bits per heavy atom. The van der Waals surface area contributed by atoms with Crippen molar-refractivity contribution in [1.29, 1.82) is 0 Å². The molecule has 0 atom stereocenters. The second-order valence-corrected chi connectivity index (χ2v) is 5.21. The molecule has 1 aromatic heterocycles. The molecule has 29 heavy (non-hydrogen) atoms. The van der Waals surface area contributed by atoms with Crippen LogP contribution in [0.3, 0.4) is 0 Å². The molecule has 161 valence electrons. The normalized spacial score (nSPS) is 9.93. The summed E-state index contributed by atoms with van der Waals surface area (Å²) in [5.74, 6) is -0.187. The predicted octanol–water partition coefficient (Wildman–Crippen LogP) is 3.37. The Morgan fingerprint density at radius 2 is 0.862 bits per heavy atom. The second-order valence-electron chi connectivity index (χ2n) is 5.21. The average Bonchev–Trinajstić information content (AvgIpc) is 2.46. The van der Waals surface area contributed by atoms with Crippen LogP contribution in [-0.2, 0) is 47.1 Å². The molecule has 1 heterocycles. The Morgan fingerprint density at radius 3 is 0.897 bits per heavy atom. The van der Waals surface area contributed by atoms with Crippen LogP contribution in [-0.4, -0.2) is 43.1 Å². The van der Waals surface area contributed by atoms with Crippen LogP contribution in [0.25, 0.3) is 0 Å². The molecule has 0 aliphatic carbocycles. The van der Waals surface area contributed by atoms with E-state index in [-0.39, 0.29) is 72.8 Å². The molecule has 0 unspecified atom stereocenters. The first kappa shape index (κ1) is 37.6. The summed E-state index contributed by atoms with van der Waals surface area (Å²) in [6.45, 7) is 8.54. The van der Waals surface area contributed by atoms with Gasteiger partial charge in [0, 0.05) is 63.3 Å². The molecule has 0 amide bonds. The number of aromatic nitrogens is 1. The zero-order valence-corrected chi connectivity index (χ0v) is 20.5. The van der Waals surface area contributed by atoms with E-state index in [2.05, 4.69) is 4.98 Å². The molecule has 0 fully saturated rings. The first-order valence-electron chi connectivity index (χ1n) is 7.86. The maximum absolute atomic E-state index is 10.0. The van der Waals surface area contributed by atoms with E-state index in [1.54, 1.807) is 12.4 Å². The van der Waals surface area contributed by atoms with Gasteiger partial charge in [0.2, 0.25) is 0 Å². The van der Waals surface area contributed by atoms with E-state index in [1.165, 1.54) is 59.8 Å². The third-order valence-corrected chi connectivity index (χ3v) is 1.80. The van der Waals surface area contributed by atoms with Crippen molar-refractivity contribution in [3.63, 3.8) is 0 Å². The number of carbonyl (C=O) groups is 3. The van der Waals surface area contributed by atoms with Gasteiger partial charge in [-0.3, -0.25) is 19.4 Å². The van der Waals surface area contributed by atoms with Gasteiger partial charge in [-0.05, 0) is 53.7 Å². The van der Waals surface area contributed by atoms with Crippen molar-refractivity contribution in [2.45, 2.75) is 41.5 Å². The molecule has 0 aliphatic heterocycles. The van der Waals surface area contributed by atoms with Gasteiger partial charge in [-0.15, -0.1) is 0 Å². The van der Waals surface area contributed by atoms with E-state index >= 15 is 0 Å². The van der Waals surface area contributed by atoms with Crippen molar-refractivity contribution in [1.82, 2.24) is 4.98 Å². The fraction of sp³-hybridized carbons (Fsp3) is 0.300. The maximum Gasteiger partial charge on any atom is 0.155 e. The van der Waals surface area contributed by atoms with Crippen LogP contribution in [0.1, 0.15) is 41.5 Å². The third kappa shape index (κ3) is 58.5. The molecular weight excluding hydrogens is 455 g/mol. The van der Waals surface area contributed by atoms with Crippen LogP contribution in [0.4, 0.5) is 0 Å². The summed E-state index contributed by atoms with van der Waals surface area (Å²) in [5.41, 5.74) is 0. The van der Waals surface area contributed by atoms with Gasteiger partial charge in [-0.25, -0.2) is 0 Å². The topological polar surface area (TPSA) is 156 Å². The Balaban J connectivity index is -0.0000000863. The molecule has 0 saturated carbocycles. The summed E-state index contributed by atoms with van der Waals surface area (Å²) in [4.78, 5) is 33.8. The number of hydrogen-bond acceptors (Lipinski definition) is 7. The molecule has 9 heteroatoms. The van der Waals surface area contributed by atoms with E-state index in [0.29, 0.717) is 0 Å². The summed E-state index contributed by atoms with van der Waals surface area (Å²) < 4.78 is 0.